The van der Waals surface area contributed by atoms with E-state index in [1.807, 2.05) is 0 Å². The van der Waals surface area contributed by atoms with Crippen molar-refractivity contribution >= 4 is 11.9 Å². The minimum atomic E-state index is -0.562. The molecular weight excluding hydrogens is 348 g/mol. The number of nitrogens with zero attached hydrogens (tertiary/aromatic N) is 2. The lowest BCUT2D eigenvalue weighted by Crippen LogP contribution is -2.44. The number of phenolic OH excluding ortho intramolecular Hbond substituents is 1. The molecule has 4 rings (SSSR count). The van der Waals surface area contributed by atoms with E-state index < -0.39 is 6.04 Å². The molecule has 0 radical (unpaired) electrons. The van der Waals surface area contributed by atoms with Gasteiger partial charge in [-0.3, -0.25) is 4.79 Å². The van der Waals surface area contributed by atoms with Gasteiger partial charge in [-0.15, -0.1) is 0 Å². The van der Waals surface area contributed by atoms with Gasteiger partial charge in [0.15, 0.2) is 11.5 Å². The van der Waals surface area contributed by atoms with Crippen molar-refractivity contribution in [3.63, 3.8) is 0 Å². The number of carbonyl (C=O) groups excluding carboxylic acids is 2. The van der Waals surface area contributed by atoms with Gasteiger partial charge in [-0.05, 0) is 43.6 Å². The van der Waals surface area contributed by atoms with Crippen LogP contribution in [-0.4, -0.2) is 66.7 Å². The number of aromatic hydroxyl groups is 1. The summed E-state index contributed by atoms with van der Waals surface area (Å²) in [4.78, 5) is 29.3. The van der Waals surface area contributed by atoms with Gasteiger partial charge < -0.3 is 30.3 Å². The van der Waals surface area contributed by atoms with Gasteiger partial charge in [-0.1, -0.05) is 6.07 Å². The molecule has 144 valence electrons. The lowest BCUT2D eigenvalue weighted by molar-refractivity contribution is -0.126. The second kappa shape index (κ2) is 7.11. The van der Waals surface area contributed by atoms with Crippen molar-refractivity contribution < 1.29 is 19.4 Å². The Balaban J connectivity index is 1.55. The summed E-state index contributed by atoms with van der Waals surface area (Å²) in [5, 5.41) is 15.4. The molecular formula is C19H24N4O4. The average molecular weight is 372 g/mol. The number of likely N-dealkylation sites (tertiary alicyclic amines) is 1. The van der Waals surface area contributed by atoms with Crippen molar-refractivity contribution in [1.82, 2.24) is 20.4 Å². The normalized spacial score (nSPS) is 22.7. The standard InChI is InChI=1S/C19H24N4O4/c1-27-15-10-12(4-5-14(15)24)17-16-13(20-19(26)21-17)11-23(18(16)25)9-8-22-6-2-3-7-22/h4-5,10,17,24H,2-3,6-9,11H2,1H3,(H2,20,21,26). The molecule has 1 fully saturated rings. The first-order valence-electron chi connectivity index (χ1n) is 9.26. The van der Waals surface area contributed by atoms with Crippen LogP contribution < -0.4 is 15.4 Å². The monoisotopic (exact) mass is 372 g/mol. The number of rotatable bonds is 5. The third kappa shape index (κ3) is 3.32. The number of carbonyl (C=O) groups is 2. The Morgan fingerprint density at radius 2 is 2.00 bits per heavy atom. The fourth-order valence-corrected chi connectivity index (χ4v) is 4.00. The summed E-state index contributed by atoms with van der Waals surface area (Å²) >= 11 is 0. The van der Waals surface area contributed by atoms with E-state index in [9.17, 15) is 14.7 Å². The minimum Gasteiger partial charge on any atom is -0.504 e. The summed E-state index contributed by atoms with van der Waals surface area (Å²) in [5.74, 6) is 0.258. The summed E-state index contributed by atoms with van der Waals surface area (Å²) in [5.41, 5.74) is 1.91. The van der Waals surface area contributed by atoms with Crippen molar-refractivity contribution in [3.05, 3.63) is 35.0 Å². The predicted molar refractivity (Wildman–Crippen MR) is 98.3 cm³/mol. The second-order valence-electron chi connectivity index (χ2n) is 7.13. The Labute approximate surface area is 157 Å². The SMILES string of the molecule is COc1cc(C2NC(=O)NC3=C2C(=O)N(CCN2CCCC2)C3)ccc1O. The molecule has 3 N–H and O–H groups in total. The van der Waals surface area contributed by atoms with E-state index in [0.717, 1.165) is 19.6 Å². The second-order valence-corrected chi connectivity index (χ2v) is 7.13. The molecule has 1 atom stereocenters. The molecule has 1 aromatic rings. The topological polar surface area (TPSA) is 94.1 Å². The molecule has 3 aliphatic heterocycles. The van der Waals surface area contributed by atoms with Crippen LogP contribution in [0.15, 0.2) is 29.5 Å². The molecule has 0 saturated carbocycles. The maximum atomic E-state index is 13.0. The third-order valence-electron chi connectivity index (χ3n) is 5.44. The van der Waals surface area contributed by atoms with E-state index in [4.69, 9.17) is 4.74 Å². The Morgan fingerprint density at radius 3 is 2.74 bits per heavy atom. The number of phenols is 1. The van der Waals surface area contributed by atoms with Crippen LogP contribution in [0.5, 0.6) is 11.5 Å². The Bertz CT molecular complexity index is 801. The zero-order valence-corrected chi connectivity index (χ0v) is 15.3. The molecule has 0 bridgehead atoms. The minimum absolute atomic E-state index is 0.0145. The first kappa shape index (κ1) is 17.7. The largest absolute Gasteiger partial charge is 0.504 e. The van der Waals surface area contributed by atoms with Crippen molar-refractivity contribution in [2.75, 3.05) is 39.8 Å². The number of urea groups is 1. The Kier molecular flexibility index (Phi) is 4.65. The highest BCUT2D eigenvalue weighted by molar-refractivity contribution is 6.01. The van der Waals surface area contributed by atoms with Crippen LogP contribution in [0.25, 0.3) is 0 Å². The maximum absolute atomic E-state index is 13.0. The van der Waals surface area contributed by atoms with Crippen LogP contribution in [0.1, 0.15) is 24.4 Å². The molecule has 0 aliphatic carbocycles. The first-order chi connectivity index (χ1) is 13.1. The van der Waals surface area contributed by atoms with E-state index in [-0.39, 0.29) is 17.7 Å². The smallest absolute Gasteiger partial charge is 0.319 e. The van der Waals surface area contributed by atoms with Gasteiger partial charge >= 0.3 is 6.03 Å². The van der Waals surface area contributed by atoms with Crippen LogP contribution in [-0.2, 0) is 4.79 Å². The van der Waals surface area contributed by atoms with Crippen molar-refractivity contribution in [3.8, 4) is 11.5 Å². The van der Waals surface area contributed by atoms with Gasteiger partial charge in [0.05, 0.1) is 31.0 Å². The van der Waals surface area contributed by atoms with Gasteiger partial charge in [-0.2, -0.15) is 0 Å². The van der Waals surface area contributed by atoms with E-state index in [2.05, 4.69) is 15.5 Å². The summed E-state index contributed by atoms with van der Waals surface area (Å²) in [6.45, 7) is 4.09. The van der Waals surface area contributed by atoms with Crippen molar-refractivity contribution in [2.24, 2.45) is 0 Å². The number of methoxy groups -OCH3 is 1. The van der Waals surface area contributed by atoms with Crippen LogP contribution in [0.2, 0.25) is 0 Å². The summed E-state index contributed by atoms with van der Waals surface area (Å²) in [6.07, 6.45) is 2.43. The Morgan fingerprint density at radius 1 is 1.22 bits per heavy atom. The van der Waals surface area contributed by atoms with E-state index in [0.29, 0.717) is 35.7 Å². The number of nitrogens with one attached hydrogen (secondary N) is 2. The molecule has 1 unspecified atom stereocenters. The van der Waals surface area contributed by atoms with Crippen LogP contribution in [0, 0.1) is 0 Å². The molecule has 3 heterocycles. The average Bonchev–Trinajstić information content (AvgIpc) is 3.28. The molecule has 3 aliphatic rings. The van der Waals surface area contributed by atoms with Gasteiger partial charge in [0.2, 0.25) is 0 Å². The summed E-state index contributed by atoms with van der Waals surface area (Å²) < 4.78 is 5.16. The summed E-state index contributed by atoms with van der Waals surface area (Å²) in [7, 11) is 1.46. The number of amides is 3. The van der Waals surface area contributed by atoms with Gasteiger partial charge in [0.25, 0.3) is 5.91 Å². The highest BCUT2D eigenvalue weighted by atomic mass is 16.5. The first-order valence-corrected chi connectivity index (χ1v) is 9.26. The molecule has 8 nitrogen and oxygen atoms in total. The third-order valence-corrected chi connectivity index (χ3v) is 5.44. The lowest BCUT2D eigenvalue weighted by atomic mass is 9.96. The quantitative estimate of drug-likeness (QED) is 0.715. The highest BCUT2D eigenvalue weighted by Gasteiger charge is 2.40. The predicted octanol–water partition coefficient (Wildman–Crippen LogP) is 0.947. The van der Waals surface area contributed by atoms with E-state index in [1.165, 1.54) is 26.0 Å². The van der Waals surface area contributed by atoms with Crippen LogP contribution in [0.4, 0.5) is 4.79 Å². The van der Waals surface area contributed by atoms with Crippen molar-refractivity contribution in [2.45, 2.75) is 18.9 Å². The Hall–Kier alpha value is -2.74. The number of hydrogen-bond donors (Lipinski definition) is 3. The van der Waals surface area contributed by atoms with Crippen LogP contribution in [0.3, 0.4) is 0 Å². The molecule has 0 aromatic heterocycles. The van der Waals surface area contributed by atoms with Crippen LogP contribution >= 0.6 is 0 Å². The molecule has 8 heteroatoms. The fourth-order valence-electron chi connectivity index (χ4n) is 4.00. The molecule has 27 heavy (non-hydrogen) atoms. The highest BCUT2D eigenvalue weighted by Crippen LogP contribution is 2.36. The zero-order chi connectivity index (χ0) is 19.0. The zero-order valence-electron chi connectivity index (χ0n) is 15.3. The molecule has 1 saturated heterocycles. The lowest BCUT2D eigenvalue weighted by Gasteiger charge is -2.26. The number of ether oxygens (including phenoxy) is 1. The van der Waals surface area contributed by atoms with Gasteiger partial charge in [0.1, 0.15) is 0 Å². The molecule has 1 aromatic carbocycles. The summed E-state index contributed by atoms with van der Waals surface area (Å²) in [6, 6.07) is 3.95. The van der Waals surface area contributed by atoms with Gasteiger partial charge in [-0.25, -0.2) is 4.79 Å². The van der Waals surface area contributed by atoms with Gasteiger partial charge in [0, 0.05) is 13.1 Å². The number of hydrogen-bond acceptors (Lipinski definition) is 5. The molecule has 0 spiro atoms. The number of benzene rings is 1. The van der Waals surface area contributed by atoms with E-state index in [1.54, 1.807) is 17.0 Å². The molecule has 3 amide bonds. The van der Waals surface area contributed by atoms with Crippen molar-refractivity contribution in [1.29, 1.82) is 0 Å². The fraction of sp³-hybridized carbons (Fsp3) is 0.474. The maximum Gasteiger partial charge on any atom is 0.319 e. The van der Waals surface area contributed by atoms with E-state index >= 15 is 0 Å².